The van der Waals surface area contributed by atoms with Crippen LogP contribution >= 0.6 is 0 Å². The fourth-order valence-corrected chi connectivity index (χ4v) is 5.89. The summed E-state index contributed by atoms with van der Waals surface area (Å²) in [6, 6.07) is 6.99. The van der Waals surface area contributed by atoms with E-state index in [1.54, 1.807) is 0 Å². The highest BCUT2D eigenvalue weighted by atomic mass is 16.5. The fourth-order valence-electron chi connectivity index (χ4n) is 5.89. The lowest BCUT2D eigenvalue weighted by molar-refractivity contribution is 0.152. The summed E-state index contributed by atoms with van der Waals surface area (Å²) in [5, 5.41) is 0. The zero-order valence-electron chi connectivity index (χ0n) is 22.7. The normalized spacial score (nSPS) is 15.6. The molecule has 1 aliphatic carbocycles. The molecular formula is C32H56O. The molecule has 190 valence electrons. The molecular weight excluding hydrogens is 400 g/mol. The molecule has 0 N–H and O–H groups in total. The summed E-state index contributed by atoms with van der Waals surface area (Å²) < 4.78 is 6.11. The van der Waals surface area contributed by atoms with Gasteiger partial charge >= 0.3 is 0 Å². The first-order valence-corrected chi connectivity index (χ1v) is 14.9. The van der Waals surface area contributed by atoms with Crippen LogP contribution in [0.4, 0.5) is 0 Å². The van der Waals surface area contributed by atoms with E-state index in [2.05, 4.69) is 39.0 Å². The molecule has 0 bridgehead atoms. The molecule has 1 aliphatic rings. The molecule has 1 aromatic rings. The van der Waals surface area contributed by atoms with Crippen LogP contribution in [0.2, 0.25) is 0 Å². The number of ether oxygens (including phenoxy) is 1. The number of unbranched alkanes of at least 4 members (excludes halogenated alkanes) is 11. The van der Waals surface area contributed by atoms with Gasteiger partial charge in [-0.2, -0.15) is 0 Å². The lowest BCUT2D eigenvalue weighted by atomic mass is 9.68. The van der Waals surface area contributed by atoms with Gasteiger partial charge in [0, 0.05) is 0 Å². The topological polar surface area (TPSA) is 9.23 Å². The molecule has 0 amide bonds. The number of hydrogen-bond donors (Lipinski definition) is 0. The van der Waals surface area contributed by atoms with Crippen molar-refractivity contribution in [3.05, 3.63) is 29.3 Å². The van der Waals surface area contributed by atoms with Crippen LogP contribution in [0, 0.1) is 12.3 Å². The first kappa shape index (κ1) is 28.3. The van der Waals surface area contributed by atoms with Gasteiger partial charge in [-0.25, -0.2) is 0 Å². The molecule has 0 saturated heterocycles. The summed E-state index contributed by atoms with van der Waals surface area (Å²) in [7, 11) is 0. The number of aryl methyl sites for hydroxylation is 2. The molecule has 0 heterocycles. The highest BCUT2D eigenvalue weighted by Gasteiger charge is 2.31. The predicted octanol–water partition coefficient (Wildman–Crippen LogP) is 10.8. The number of hydrogen-bond acceptors (Lipinski definition) is 1. The molecule has 2 rings (SSSR count). The Morgan fingerprint density at radius 1 is 0.697 bits per heavy atom. The third-order valence-electron chi connectivity index (χ3n) is 8.16. The molecule has 0 unspecified atom stereocenters. The Hall–Kier alpha value is -0.980. The van der Waals surface area contributed by atoms with Crippen LogP contribution in [0.3, 0.4) is 0 Å². The van der Waals surface area contributed by atoms with Crippen molar-refractivity contribution in [2.75, 3.05) is 6.61 Å². The van der Waals surface area contributed by atoms with E-state index < -0.39 is 0 Å². The molecule has 0 aromatic heterocycles. The van der Waals surface area contributed by atoms with Crippen molar-refractivity contribution in [2.24, 2.45) is 5.41 Å². The third kappa shape index (κ3) is 11.8. The lowest BCUT2D eigenvalue weighted by Crippen LogP contribution is -2.25. The quantitative estimate of drug-likeness (QED) is 0.188. The van der Waals surface area contributed by atoms with Gasteiger partial charge in [0.1, 0.15) is 5.75 Å². The van der Waals surface area contributed by atoms with E-state index in [1.165, 1.54) is 146 Å². The predicted molar refractivity (Wildman–Crippen MR) is 146 cm³/mol. The number of rotatable bonds is 19. The molecule has 1 nitrogen and oxygen atoms in total. The zero-order valence-corrected chi connectivity index (χ0v) is 22.7. The van der Waals surface area contributed by atoms with Crippen molar-refractivity contribution < 1.29 is 4.74 Å². The Morgan fingerprint density at radius 2 is 1.30 bits per heavy atom. The molecule has 1 saturated carbocycles. The van der Waals surface area contributed by atoms with Gasteiger partial charge in [-0.15, -0.1) is 0 Å². The van der Waals surface area contributed by atoms with E-state index in [-0.39, 0.29) is 0 Å². The van der Waals surface area contributed by atoms with Crippen molar-refractivity contribution in [1.82, 2.24) is 0 Å². The average Bonchev–Trinajstić information content (AvgIpc) is 2.83. The van der Waals surface area contributed by atoms with Gasteiger partial charge < -0.3 is 4.74 Å². The first-order valence-electron chi connectivity index (χ1n) is 14.9. The van der Waals surface area contributed by atoms with Gasteiger partial charge in [-0.3, -0.25) is 0 Å². The van der Waals surface area contributed by atoms with E-state index in [0.717, 1.165) is 12.4 Å². The van der Waals surface area contributed by atoms with Gasteiger partial charge in [-0.1, -0.05) is 122 Å². The third-order valence-corrected chi connectivity index (χ3v) is 8.16. The molecule has 1 aromatic carbocycles. The smallest absolute Gasteiger partial charge is 0.122 e. The fraction of sp³-hybridized carbons (Fsp3) is 0.812. The van der Waals surface area contributed by atoms with Crippen LogP contribution in [0.1, 0.15) is 153 Å². The maximum Gasteiger partial charge on any atom is 0.122 e. The minimum absolute atomic E-state index is 0.628. The highest BCUT2D eigenvalue weighted by molar-refractivity contribution is 5.36. The Labute approximate surface area is 207 Å². The Bertz CT molecular complexity index is 599. The van der Waals surface area contributed by atoms with E-state index in [0.29, 0.717) is 5.41 Å². The van der Waals surface area contributed by atoms with Gasteiger partial charge in [0.15, 0.2) is 0 Å². The van der Waals surface area contributed by atoms with Gasteiger partial charge in [0.05, 0.1) is 6.61 Å². The SMILES string of the molecule is CCCCCCCCCC1(CCc2ccc(OCCCCCCCC)c(C)c2)CCCCC1. The lowest BCUT2D eigenvalue weighted by Gasteiger charge is -2.38. The van der Waals surface area contributed by atoms with Gasteiger partial charge in [0.25, 0.3) is 0 Å². The zero-order chi connectivity index (χ0) is 23.6. The van der Waals surface area contributed by atoms with Crippen LogP contribution < -0.4 is 4.74 Å². The standard InChI is InChI=1S/C32H56O/c1-4-6-8-10-12-13-16-23-32(24-17-15-18-25-32)26-22-30-20-21-31(29(3)28-30)33-27-19-14-11-9-7-5-2/h20-21,28H,4-19,22-27H2,1-3H3. The van der Waals surface area contributed by atoms with Crippen LogP contribution in [0.25, 0.3) is 0 Å². The summed E-state index contributed by atoms with van der Waals surface area (Å²) in [5.74, 6) is 1.10. The van der Waals surface area contributed by atoms with Crippen LogP contribution in [-0.2, 0) is 6.42 Å². The summed E-state index contributed by atoms with van der Waals surface area (Å²) >= 11 is 0. The molecule has 1 heteroatoms. The number of benzene rings is 1. The summed E-state index contributed by atoms with van der Waals surface area (Å²) in [6.45, 7) is 7.69. The monoisotopic (exact) mass is 456 g/mol. The van der Waals surface area contributed by atoms with Crippen molar-refractivity contribution in [2.45, 2.75) is 156 Å². The van der Waals surface area contributed by atoms with E-state index >= 15 is 0 Å². The largest absolute Gasteiger partial charge is 0.493 e. The molecule has 0 spiro atoms. The molecule has 0 atom stereocenters. The van der Waals surface area contributed by atoms with Gasteiger partial charge in [-0.05, 0) is 68.1 Å². The highest BCUT2D eigenvalue weighted by Crippen LogP contribution is 2.44. The van der Waals surface area contributed by atoms with Crippen LogP contribution in [0.15, 0.2) is 18.2 Å². The second kappa shape index (κ2) is 17.5. The van der Waals surface area contributed by atoms with Gasteiger partial charge in [0.2, 0.25) is 0 Å². The van der Waals surface area contributed by atoms with E-state index in [4.69, 9.17) is 4.74 Å². The van der Waals surface area contributed by atoms with Crippen LogP contribution in [0.5, 0.6) is 5.75 Å². The summed E-state index contributed by atoms with van der Waals surface area (Å²) in [4.78, 5) is 0. The summed E-state index contributed by atoms with van der Waals surface area (Å²) in [5.41, 5.74) is 3.47. The molecule has 0 aliphatic heterocycles. The second-order valence-corrected chi connectivity index (χ2v) is 11.1. The maximum absolute atomic E-state index is 6.11. The minimum Gasteiger partial charge on any atom is -0.493 e. The second-order valence-electron chi connectivity index (χ2n) is 11.1. The summed E-state index contributed by atoms with van der Waals surface area (Å²) in [6.07, 6.45) is 29.4. The first-order chi connectivity index (χ1) is 16.2. The maximum atomic E-state index is 6.11. The van der Waals surface area contributed by atoms with Crippen LogP contribution in [-0.4, -0.2) is 6.61 Å². The molecule has 1 fully saturated rings. The van der Waals surface area contributed by atoms with Crippen molar-refractivity contribution in [1.29, 1.82) is 0 Å². The molecule has 0 radical (unpaired) electrons. The van der Waals surface area contributed by atoms with Crippen molar-refractivity contribution in [3.8, 4) is 5.75 Å². The molecule has 33 heavy (non-hydrogen) atoms. The Kier molecular flexibility index (Phi) is 14.9. The van der Waals surface area contributed by atoms with Crippen molar-refractivity contribution >= 4 is 0 Å². The van der Waals surface area contributed by atoms with Crippen molar-refractivity contribution in [3.63, 3.8) is 0 Å². The average molecular weight is 457 g/mol. The Balaban J connectivity index is 1.73. The van der Waals surface area contributed by atoms with E-state index in [9.17, 15) is 0 Å². The minimum atomic E-state index is 0.628. The van der Waals surface area contributed by atoms with E-state index in [1.807, 2.05) is 0 Å². The Morgan fingerprint density at radius 3 is 1.94 bits per heavy atom.